The molecule has 3 atom stereocenters. The number of rotatable bonds is 6. The largest absolute Gasteiger partial charge is 0.573 e. The molecule has 13 heteroatoms. The fraction of sp³-hybridized carbons (Fsp3) is 0.542. The molecule has 1 aromatic rings. The van der Waals surface area contributed by atoms with E-state index in [1.807, 2.05) is 0 Å². The number of Topliss-reactive ketones (excluding diaryl/α,β-unsaturated/α-hetero) is 1. The van der Waals surface area contributed by atoms with E-state index in [1.165, 1.54) is 34.6 Å². The molecule has 1 saturated carbocycles. The molecule has 10 nitrogen and oxygen atoms in total. The summed E-state index contributed by atoms with van der Waals surface area (Å²) in [5.41, 5.74) is -6.71. The van der Waals surface area contributed by atoms with Gasteiger partial charge in [0, 0.05) is 0 Å². The predicted molar refractivity (Wildman–Crippen MR) is 118 cm³/mol. The molecule has 1 heterocycles. The van der Waals surface area contributed by atoms with Crippen LogP contribution in [0.5, 0.6) is 5.75 Å². The zero-order valence-corrected chi connectivity index (χ0v) is 21.0. The first-order valence-corrected chi connectivity index (χ1v) is 11.3. The van der Waals surface area contributed by atoms with Crippen molar-refractivity contribution in [3.63, 3.8) is 0 Å². The molecule has 1 fully saturated rings. The first-order valence-electron chi connectivity index (χ1n) is 11.3. The van der Waals surface area contributed by atoms with Crippen molar-refractivity contribution in [2.24, 2.45) is 11.3 Å². The van der Waals surface area contributed by atoms with Crippen molar-refractivity contribution in [1.29, 1.82) is 0 Å². The molecule has 202 valence electrons. The Morgan fingerprint density at radius 1 is 1.03 bits per heavy atom. The Labute approximate surface area is 210 Å². The number of esters is 2. The third-order valence-corrected chi connectivity index (χ3v) is 6.06. The topological polar surface area (TPSA) is 126 Å². The lowest BCUT2D eigenvalue weighted by Crippen LogP contribution is -2.45. The van der Waals surface area contributed by atoms with Crippen LogP contribution in [0.1, 0.15) is 47.1 Å². The van der Waals surface area contributed by atoms with Gasteiger partial charge in [-0.2, -0.15) is 0 Å². The predicted octanol–water partition coefficient (Wildman–Crippen LogP) is 3.44. The highest BCUT2D eigenvalue weighted by molar-refractivity contribution is 6.32. The van der Waals surface area contributed by atoms with Crippen LogP contribution in [0.3, 0.4) is 0 Å². The van der Waals surface area contributed by atoms with E-state index in [4.69, 9.17) is 14.2 Å². The maximum Gasteiger partial charge on any atom is 0.573 e. The molecule has 0 aromatic heterocycles. The molecular weight excluding hydrogens is 503 g/mol. The molecule has 0 saturated heterocycles. The smallest absolute Gasteiger partial charge is 0.466 e. The van der Waals surface area contributed by atoms with Gasteiger partial charge in [-0.1, -0.05) is 0 Å². The van der Waals surface area contributed by atoms with Crippen LogP contribution in [0.2, 0.25) is 0 Å². The van der Waals surface area contributed by atoms with E-state index in [9.17, 15) is 37.1 Å². The number of ketones is 1. The summed E-state index contributed by atoms with van der Waals surface area (Å²) in [6.07, 6.45) is -6.35. The van der Waals surface area contributed by atoms with E-state index in [-0.39, 0.29) is 24.5 Å². The number of hydrogen-bond acceptors (Lipinski definition) is 9. The Morgan fingerprint density at radius 2 is 1.62 bits per heavy atom. The third kappa shape index (κ3) is 4.19. The molecule has 1 aliphatic carbocycles. The fourth-order valence-electron chi connectivity index (χ4n) is 4.98. The second-order valence-corrected chi connectivity index (χ2v) is 9.43. The summed E-state index contributed by atoms with van der Waals surface area (Å²) in [5, 5.41) is 0. The van der Waals surface area contributed by atoms with Gasteiger partial charge in [0.15, 0.2) is 5.41 Å². The number of ether oxygens (including phenoxy) is 4. The van der Waals surface area contributed by atoms with E-state index in [0.29, 0.717) is 4.90 Å². The highest BCUT2D eigenvalue weighted by Crippen LogP contribution is 2.75. The summed E-state index contributed by atoms with van der Waals surface area (Å²) in [4.78, 5) is 67.1. The van der Waals surface area contributed by atoms with Crippen molar-refractivity contribution in [1.82, 2.24) is 0 Å². The average molecular weight is 529 g/mol. The van der Waals surface area contributed by atoms with Gasteiger partial charge in [-0.25, -0.2) is 9.69 Å². The zero-order chi connectivity index (χ0) is 28.1. The minimum absolute atomic E-state index is 0.198. The second-order valence-electron chi connectivity index (χ2n) is 9.43. The number of alkyl halides is 3. The molecule has 0 radical (unpaired) electrons. The maximum absolute atomic E-state index is 14.0. The molecule has 1 spiro atoms. The van der Waals surface area contributed by atoms with Crippen molar-refractivity contribution in [3.05, 3.63) is 23.8 Å². The summed E-state index contributed by atoms with van der Waals surface area (Å²) >= 11 is 0. The Bertz CT molecular complexity index is 1170. The lowest BCUT2D eigenvalue weighted by Gasteiger charge is -2.24. The summed E-state index contributed by atoms with van der Waals surface area (Å²) in [7, 11) is 0. The number of benzene rings is 1. The highest BCUT2D eigenvalue weighted by atomic mass is 19.4. The summed E-state index contributed by atoms with van der Waals surface area (Å²) in [6.45, 7) is 7.91. The Balaban J connectivity index is 2.36. The molecule has 2 amide bonds. The van der Waals surface area contributed by atoms with Crippen molar-refractivity contribution < 1.29 is 56.1 Å². The monoisotopic (exact) mass is 529 g/mol. The van der Waals surface area contributed by atoms with Crippen LogP contribution in [0, 0.1) is 11.3 Å². The van der Waals surface area contributed by atoms with Gasteiger partial charge in [-0.3, -0.25) is 19.2 Å². The first kappa shape index (κ1) is 27.9. The normalized spacial score (nSPS) is 24.4. The van der Waals surface area contributed by atoms with Crippen molar-refractivity contribution in [2.45, 2.75) is 58.9 Å². The number of fused-ring (bicyclic) bond motifs is 2. The van der Waals surface area contributed by atoms with E-state index in [2.05, 4.69) is 4.74 Å². The van der Waals surface area contributed by atoms with Crippen molar-refractivity contribution in [3.8, 4) is 5.75 Å². The molecule has 0 unspecified atom stereocenters. The Hall–Kier alpha value is -3.64. The quantitative estimate of drug-likeness (QED) is 0.310. The highest BCUT2D eigenvalue weighted by Gasteiger charge is 2.94. The summed E-state index contributed by atoms with van der Waals surface area (Å²) in [6, 6.07) is 2.59. The Morgan fingerprint density at radius 3 is 2.11 bits per heavy atom. The van der Waals surface area contributed by atoms with Gasteiger partial charge in [0.2, 0.25) is 5.91 Å². The first-order chi connectivity index (χ1) is 17.0. The number of carbonyl (C=O) groups is 5. The number of anilines is 1. The third-order valence-electron chi connectivity index (χ3n) is 6.06. The van der Waals surface area contributed by atoms with Crippen molar-refractivity contribution in [2.75, 3.05) is 18.1 Å². The van der Waals surface area contributed by atoms with Crippen LogP contribution in [-0.2, 0) is 38.8 Å². The van der Waals surface area contributed by atoms with Crippen LogP contribution in [0.25, 0.3) is 0 Å². The molecule has 2 aliphatic rings. The molecular formula is C24H26F3NO9. The van der Waals surface area contributed by atoms with Gasteiger partial charge >= 0.3 is 24.4 Å². The van der Waals surface area contributed by atoms with Crippen LogP contribution in [0.15, 0.2) is 18.2 Å². The minimum Gasteiger partial charge on any atom is -0.466 e. The van der Waals surface area contributed by atoms with Gasteiger partial charge < -0.3 is 18.9 Å². The standard InChI is InChI=1S/C24H26F3NO9/c1-7-34-17(30)16-22(12(3)29,19(32)35-8-2)23(16)14-11-13(36-24(25,26)27)9-10-15(14)28(18(23)31)20(33)37-21(4,5)6/h9-11,16H,7-8H2,1-6H3/t16-,22+,23+/m1/s1. The lowest BCUT2D eigenvalue weighted by atomic mass is 9.84. The molecule has 1 aromatic carbocycles. The maximum atomic E-state index is 14.0. The molecule has 37 heavy (non-hydrogen) atoms. The van der Waals surface area contributed by atoms with Crippen molar-refractivity contribution >= 4 is 35.4 Å². The summed E-state index contributed by atoms with van der Waals surface area (Å²) < 4.78 is 58.4. The number of amides is 2. The summed E-state index contributed by atoms with van der Waals surface area (Å²) in [5.74, 6) is -7.22. The Kier molecular flexibility index (Phi) is 6.82. The number of hydrogen-bond donors (Lipinski definition) is 0. The second kappa shape index (κ2) is 9.03. The fourth-order valence-corrected chi connectivity index (χ4v) is 4.98. The van der Waals surface area contributed by atoms with Gasteiger partial charge in [0.05, 0.1) is 18.9 Å². The van der Waals surface area contributed by atoms with E-state index >= 15 is 0 Å². The number of carbonyl (C=O) groups excluding carboxylic acids is 5. The van der Waals surface area contributed by atoms with E-state index < -0.39 is 64.2 Å². The van der Waals surface area contributed by atoms with Crippen LogP contribution >= 0.6 is 0 Å². The number of imide groups is 1. The van der Waals surface area contributed by atoms with Gasteiger partial charge in [-0.15, -0.1) is 13.2 Å². The van der Waals surface area contributed by atoms with Gasteiger partial charge in [0.1, 0.15) is 28.5 Å². The molecule has 0 bridgehead atoms. The van der Waals surface area contributed by atoms with Gasteiger partial charge in [-0.05, 0) is 65.3 Å². The number of nitrogens with zero attached hydrogens (tertiary/aromatic N) is 1. The zero-order valence-electron chi connectivity index (χ0n) is 21.0. The van der Waals surface area contributed by atoms with E-state index in [1.54, 1.807) is 0 Å². The van der Waals surface area contributed by atoms with Crippen LogP contribution in [-0.4, -0.2) is 54.9 Å². The van der Waals surface area contributed by atoms with Crippen LogP contribution < -0.4 is 9.64 Å². The van der Waals surface area contributed by atoms with Gasteiger partial charge in [0.25, 0.3) is 0 Å². The molecule has 3 rings (SSSR count). The SMILES string of the molecule is CCOC(=O)[C@@H]1[C@@](C(C)=O)(C(=O)OCC)[C@]12C(=O)N(C(=O)OC(C)(C)C)c1ccc(OC(F)(F)F)cc12. The molecule has 0 N–H and O–H groups in total. The number of halogens is 3. The van der Waals surface area contributed by atoms with Crippen LogP contribution in [0.4, 0.5) is 23.7 Å². The minimum atomic E-state index is -5.13. The average Bonchev–Trinajstić information content (AvgIpc) is 3.32. The molecule has 1 aliphatic heterocycles. The lowest BCUT2D eigenvalue weighted by molar-refractivity contribution is -0.274. The van der Waals surface area contributed by atoms with E-state index in [0.717, 1.165) is 25.1 Å².